The van der Waals surface area contributed by atoms with E-state index in [1.165, 1.54) is 14.2 Å². The van der Waals surface area contributed by atoms with Gasteiger partial charge in [-0.25, -0.2) is 0 Å². The van der Waals surface area contributed by atoms with Crippen molar-refractivity contribution >= 4 is 26.3 Å². The fraction of sp³-hybridized carbons (Fsp3) is 0.875. The molecule has 0 aromatic rings. The van der Waals surface area contributed by atoms with E-state index >= 15 is 0 Å². The van der Waals surface area contributed by atoms with Gasteiger partial charge < -0.3 is 42.8 Å². The Bertz CT molecular complexity index is 729. The van der Waals surface area contributed by atoms with Gasteiger partial charge in [0.25, 0.3) is 0 Å². The van der Waals surface area contributed by atoms with Gasteiger partial charge in [0, 0.05) is 53.0 Å². The zero-order valence-electron chi connectivity index (χ0n) is 24.1. The maximum atomic E-state index is 13.4. The van der Waals surface area contributed by atoms with Crippen LogP contribution in [0, 0.1) is 0 Å². The summed E-state index contributed by atoms with van der Waals surface area (Å²) in [5, 5.41) is 2.87. The van der Waals surface area contributed by atoms with Crippen LogP contribution in [0.5, 0.6) is 0 Å². The van der Waals surface area contributed by atoms with Gasteiger partial charge in [-0.1, -0.05) is 0 Å². The zero-order valence-corrected chi connectivity index (χ0v) is 25.0. The van der Waals surface area contributed by atoms with E-state index in [2.05, 4.69) is 47.6 Å². The van der Waals surface area contributed by atoms with Crippen LogP contribution in [-0.2, 0) is 28.2 Å². The minimum Gasteiger partial charge on any atom is -0.382 e. The maximum Gasteiger partial charge on any atom is 0.329 e. The Morgan fingerprint density at radius 2 is 1.51 bits per heavy atom. The average molecular weight is 552 g/mol. The average Bonchev–Trinajstić information content (AvgIpc) is 2.80. The molecule has 12 nitrogen and oxygen atoms in total. The van der Waals surface area contributed by atoms with Crippen LogP contribution in [0.4, 0.5) is 0 Å². The van der Waals surface area contributed by atoms with Crippen molar-refractivity contribution in [1.29, 1.82) is 0 Å². The topological polar surface area (TPSA) is 118 Å². The lowest BCUT2D eigenvalue weighted by atomic mass is 10.1. The zero-order chi connectivity index (χ0) is 28.2. The van der Waals surface area contributed by atoms with Gasteiger partial charge in [-0.05, 0) is 0 Å². The summed E-state index contributed by atoms with van der Waals surface area (Å²) in [6.07, 6.45) is 2.20. The molecule has 0 bridgehead atoms. The molecule has 37 heavy (non-hydrogen) atoms. The quantitative estimate of drug-likeness (QED) is 0.205. The minimum atomic E-state index is -2.05. The molecule has 3 atom stereocenters. The molecule has 1 saturated heterocycles. The van der Waals surface area contributed by atoms with E-state index in [1.807, 2.05) is 0 Å². The van der Waals surface area contributed by atoms with Crippen molar-refractivity contribution in [1.82, 2.24) is 15.1 Å². The molecule has 1 rings (SSSR count). The van der Waals surface area contributed by atoms with E-state index < -0.39 is 20.7 Å². The van der Waals surface area contributed by atoms with Crippen molar-refractivity contribution in [2.45, 2.75) is 37.8 Å². The van der Waals surface area contributed by atoms with E-state index in [0.717, 1.165) is 28.5 Å². The molecular formula is C24H50N5O7P+2. The molecule has 1 fully saturated rings. The summed E-state index contributed by atoms with van der Waals surface area (Å²) in [5.41, 5.74) is 0. The summed E-state index contributed by atoms with van der Waals surface area (Å²) in [4.78, 5) is 52.4. The normalized spacial score (nSPS) is 18.5. The number of carbonyl (C=O) groups is 3. The van der Waals surface area contributed by atoms with Crippen LogP contribution >= 0.6 is 8.60 Å². The predicted octanol–water partition coefficient (Wildman–Crippen LogP) is 0.0120. The molecule has 0 spiro atoms. The van der Waals surface area contributed by atoms with E-state index in [0.29, 0.717) is 32.4 Å². The number of nitrogens with zero attached hydrogens (tertiary/aromatic N) is 4. The van der Waals surface area contributed by atoms with Gasteiger partial charge in [-0.15, -0.1) is 0 Å². The van der Waals surface area contributed by atoms with Crippen LogP contribution in [0.25, 0.3) is 0 Å². The maximum absolute atomic E-state index is 13.4. The molecule has 1 heterocycles. The van der Waals surface area contributed by atoms with Gasteiger partial charge in [0.2, 0.25) is 17.7 Å². The number of rotatable bonds is 16. The Hall–Kier alpha value is -1.40. The standard InChI is InChI=1S/C24H49N5O7P/c1-28(2,3)15-9-11-22(30)26-13-14-27(23(31)12-10-16-29(4,5)6)21(17-26)24(32)25-20(18-34-7)19-36-37(33)35-8/h20-21,33H,9-19H2,1-8H3/q+1/p+1. The third-order valence-corrected chi connectivity index (χ3v) is 6.73. The highest BCUT2D eigenvalue weighted by Crippen LogP contribution is 2.31. The van der Waals surface area contributed by atoms with Crippen molar-refractivity contribution in [2.75, 3.05) is 102 Å². The first-order valence-corrected chi connectivity index (χ1v) is 13.9. The smallest absolute Gasteiger partial charge is 0.329 e. The number of hydrogen-bond acceptors (Lipinski definition) is 7. The van der Waals surface area contributed by atoms with Crippen LogP contribution in [0.2, 0.25) is 0 Å². The van der Waals surface area contributed by atoms with Gasteiger partial charge in [0.15, 0.2) is 0 Å². The van der Waals surface area contributed by atoms with E-state index in [9.17, 15) is 19.3 Å². The fourth-order valence-electron chi connectivity index (χ4n) is 4.08. The first kappa shape index (κ1) is 33.6. The van der Waals surface area contributed by atoms with Crippen LogP contribution in [0.1, 0.15) is 25.7 Å². The van der Waals surface area contributed by atoms with Gasteiger partial charge in [-0.3, -0.25) is 14.4 Å². The van der Waals surface area contributed by atoms with Crippen LogP contribution < -0.4 is 5.32 Å². The molecule has 0 saturated carbocycles. The highest BCUT2D eigenvalue weighted by molar-refractivity contribution is 7.40. The second kappa shape index (κ2) is 15.9. The van der Waals surface area contributed by atoms with Gasteiger partial charge >= 0.3 is 8.60 Å². The van der Waals surface area contributed by atoms with Crippen LogP contribution in [0.15, 0.2) is 0 Å². The van der Waals surface area contributed by atoms with Crippen molar-refractivity contribution in [3.63, 3.8) is 0 Å². The highest BCUT2D eigenvalue weighted by atomic mass is 31.2. The highest BCUT2D eigenvalue weighted by Gasteiger charge is 2.37. The van der Waals surface area contributed by atoms with Gasteiger partial charge in [0.05, 0.1) is 81.2 Å². The predicted molar refractivity (Wildman–Crippen MR) is 142 cm³/mol. The molecule has 0 aromatic heterocycles. The van der Waals surface area contributed by atoms with Crippen LogP contribution in [0.3, 0.4) is 0 Å². The summed E-state index contributed by atoms with van der Waals surface area (Å²) >= 11 is 0. The Morgan fingerprint density at radius 1 is 0.946 bits per heavy atom. The second-order valence-electron chi connectivity index (χ2n) is 11.6. The Morgan fingerprint density at radius 3 is 2.03 bits per heavy atom. The lowest BCUT2D eigenvalue weighted by Crippen LogP contribution is -2.63. The molecule has 0 radical (unpaired) electrons. The molecule has 1 aliphatic rings. The van der Waals surface area contributed by atoms with Gasteiger partial charge in [0.1, 0.15) is 6.04 Å². The number of methoxy groups -OCH3 is 1. The number of piperazine rings is 1. The molecule has 216 valence electrons. The molecule has 13 heteroatoms. The molecular weight excluding hydrogens is 501 g/mol. The summed E-state index contributed by atoms with van der Waals surface area (Å²) in [6.45, 7) is 2.68. The SMILES string of the molecule is COCC(COP(O)OC)NC(=O)C1CN(C(=O)CCC[N+](C)(C)C)CCN1C(=O)CCC[N+](C)(C)C. The number of amides is 3. The second-order valence-corrected chi connectivity index (χ2v) is 12.7. The van der Waals surface area contributed by atoms with Crippen molar-refractivity contribution in [2.24, 2.45) is 0 Å². The number of ether oxygens (including phenoxy) is 1. The Kier molecular flexibility index (Phi) is 14.4. The molecule has 3 amide bonds. The van der Waals surface area contributed by atoms with Crippen molar-refractivity contribution in [3.05, 3.63) is 0 Å². The third-order valence-electron chi connectivity index (χ3n) is 6.05. The lowest BCUT2D eigenvalue weighted by molar-refractivity contribution is -0.870. The van der Waals surface area contributed by atoms with E-state index in [-0.39, 0.29) is 37.5 Å². The molecule has 2 N–H and O–H groups in total. The molecule has 0 aromatic carbocycles. The number of quaternary nitrogens is 2. The first-order chi connectivity index (χ1) is 17.2. The molecule has 1 aliphatic heterocycles. The van der Waals surface area contributed by atoms with Crippen LogP contribution in [-0.4, -0.2) is 156 Å². The monoisotopic (exact) mass is 551 g/mol. The summed E-state index contributed by atoms with van der Waals surface area (Å²) in [5.74, 6) is -0.483. The first-order valence-electron chi connectivity index (χ1n) is 12.8. The van der Waals surface area contributed by atoms with Crippen molar-refractivity contribution in [3.8, 4) is 0 Å². The Labute approximate surface area is 224 Å². The molecule has 3 unspecified atom stereocenters. The fourth-order valence-corrected chi connectivity index (χ4v) is 4.49. The summed E-state index contributed by atoms with van der Waals surface area (Å²) in [6, 6.07) is -1.37. The number of hydrogen-bond donors (Lipinski definition) is 2. The summed E-state index contributed by atoms with van der Waals surface area (Å²) < 4.78 is 16.7. The number of nitrogens with one attached hydrogen (secondary N) is 1. The summed E-state index contributed by atoms with van der Waals surface area (Å²) in [7, 11) is 13.2. The minimum absolute atomic E-state index is 0.00817. The Balaban J connectivity index is 2.94. The third kappa shape index (κ3) is 13.8. The van der Waals surface area contributed by atoms with E-state index in [1.54, 1.807) is 9.80 Å². The van der Waals surface area contributed by atoms with Gasteiger partial charge in [-0.2, -0.15) is 0 Å². The number of carbonyl (C=O) groups excluding carboxylic acids is 3. The largest absolute Gasteiger partial charge is 0.382 e. The van der Waals surface area contributed by atoms with Crippen molar-refractivity contribution < 1.29 is 42.0 Å². The van der Waals surface area contributed by atoms with E-state index in [4.69, 9.17) is 13.8 Å². The lowest BCUT2D eigenvalue weighted by Gasteiger charge is -2.41. The molecule has 0 aliphatic carbocycles.